The first-order valence-electron chi connectivity index (χ1n) is 11.2. The number of hydrogen-bond acceptors (Lipinski definition) is 5. The summed E-state index contributed by atoms with van der Waals surface area (Å²) in [5, 5.41) is 16.4. The van der Waals surface area contributed by atoms with Gasteiger partial charge in [-0.25, -0.2) is 9.37 Å². The molecule has 0 aliphatic heterocycles. The van der Waals surface area contributed by atoms with Crippen molar-refractivity contribution < 1.29 is 4.39 Å². The number of benzene rings is 3. The Balaban J connectivity index is 1.53. The number of hydrogen-bond donors (Lipinski definition) is 1. The highest BCUT2D eigenvalue weighted by atomic mass is 35.5. The topological polar surface area (TPSA) is 72.3 Å². The Morgan fingerprint density at radius 2 is 1.70 bits per heavy atom. The Labute approximate surface area is 232 Å². The van der Waals surface area contributed by atoms with Crippen molar-refractivity contribution in [3.63, 3.8) is 0 Å². The molecule has 5 rings (SSSR count). The quantitative estimate of drug-likeness (QED) is 0.201. The minimum atomic E-state index is -0.486. The summed E-state index contributed by atoms with van der Waals surface area (Å²) in [7, 11) is 0. The lowest BCUT2D eigenvalue weighted by Crippen LogP contribution is -2.23. The minimum absolute atomic E-state index is 0.307. The largest absolute Gasteiger partial charge is 0.291 e. The highest BCUT2D eigenvalue weighted by Gasteiger charge is 2.30. The summed E-state index contributed by atoms with van der Waals surface area (Å²) in [6.07, 6.45) is 1.85. The smallest absolute Gasteiger partial charge is 0.206 e. The number of nitrogens with zero attached hydrogens (tertiary/aromatic N) is 5. The van der Waals surface area contributed by atoms with E-state index in [0.717, 1.165) is 27.7 Å². The van der Waals surface area contributed by atoms with Gasteiger partial charge in [0.1, 0.15) is 5.82 Å². The van der Waals surface area contributed by atoms with Crippen molar-refractivity contribution in [3.05, 3.63) is 105 Å². The van der Waals surface area contributed by atoms with Gasteiger partial charge in [-0.05, 0) is 64.9 Å². The Hall–Kier alpha value is -2.91. The SMILES string of the molecule is CC(C)(c1ccc(Cl)c(Cl)c1)c1cnc(SCc2ccc(Cl)c(-c3nn[nH]n3)c2)n1-c1ccc(F)cc1. The Morgan fingerprint density at radius 1 is 0.946 bits per heavy atom. The molecule has 0 bridgehead atoms. The molecule has 0 saturated heterocycles. The molecule has 0 atom stereocenters. The van der Waals surface area contributed by atoms with Gasteiger partial charge in [-0.1, -0.05) is 72.5 Å². The van der Waals surface area contributed by atoms with Crippen LogP contribution in [0.25, 0.3) is 17.1 Å². The van der Waals surface area contributed by atoms with Crippen LogP contribution < -0.4 is 0 Å². The predicted octanol–water partition coefficient (Wildman–Crippen LogP) is 7.77. The van der Waals surface area contributed by atoms with Gasteiger partial charge in [-0.3, -0.25) is 4.57 Å². The van der Waals surface area contributed by atoms with Crippen LogP contribution in [0.5, 0.6) is 0 Å². The lowest BCUT2D eigenvalue weighted by Gasteiger charge is -2.28. The van der Waals surface area contributed by atoms with E-state index in [1.807, 2.05) is 41.1 Å². The molecule has 2 aromatic heterocycles. The fourth-order valence-corrected chi connectivity index (χ4v) is 5.44. The maximum Gasteiger partial charge on any atom is 0.206 e. The van der Waals surface area contributed by atoms with E-state index in [9.17, 15) is 4.39 Å². The zero-order valence-corrected chi connectivity index (χ0v) is 22.8. The van der Waals surface area contributed by atoms with Crippen molar-refractivity contribution in [1.82, 2.24) is 30.2 Å². The van der Waals surface area contributed by atoms with Crippen LogP contribution in [-0.2, 0) is 11.2 Å². The molecule has 11 heteroatoms. The molecule has 0 saturated carbocycles. The maximum atomic E-state index is 13.8. The zero-order valence-electron chi connectivity index (χ0n) is 19.7. The molecular formula is C26H20Cl3FN6S. The predicted molar refractivity (Wildman–Crippen MR) is 146 cm³/mol. The molecule has 0 spiro atoms. The fraction of sp³-hybridized carbons (Fsp3) is 0.154. The monoisotopic (exact) mass is 572 g/mol. The number of H-pyrrole nitrogens is 1. The third-order valence-electron chi connectivity index (χ3n) is 6.08. The third kappa shape index (κ3) is 5.25. The molecule has 2 heterocycles. The van der Waals surface area contributed by atoms with E-state index in [1.54, 1.807) is 30.0 Å². The highest BCUT2D eigenvalue weighted by Crippen LogP contribution is 2.39. The Kier molecular flexibility index (Phi) is 7.27. The Morgan fingerprint density at radius 3 is 2.41 bits per heavy atom. The number of nitrogens with one attached hydrogen (secondary N) is 1. The average molecular weight is 574 g/mol. The molecule has 1 N–H and O–H groups in total. The van der Waals surface area contributed by atoms with Crippen LogP contribution in [0.15, 0.2) is 72.0 Å². The number of imidazole rings is 1. The van der Waals surface area contributed by atoms with Crippen LogP contribution in [0.1, 0.15) is 30.7 Å². The van der Waals surface area contributed by atoms with Crippen LogP contribution in [0.3, 0.4) is 0 Å². The van der Waals surface area contributed by atoms with Crippen LogP contribution in [0.2, 0.25) is 15.1 Å². The molecule has 0 fully saturated rings. The maximum absolute atomic E-state index is 13.8. The summed E-state index contributed by atoms with van der Waals surface area (Å²) in [4.78, 5) is 4.76. The van der Waals surface area contributed by atoms with Crippen molar-refractivity contribution >= 4 is 46.6 Å². The highest BCUT2D eigenvalue weighted by molar-refractivity contribution is 7.98. The molecule has 3 aromatic carbocycles. The van der Waals surface area contributed by atoms with Crippen molar-refractivity contribution in [1.29, 1.82) is 0 Å². The molecule has 0 unspecified atom stereocenters. The summed E-state index contributed by atoms with van der Waals surface area (Å²) < 4.78 is 15.8. The van der Waals surface area contributed by atoms with E-state index >= 15 is 0 Å². The van der Waals surface area contributed by atoms with Gasteiger partial charge in [0.05, 0.1) is 27.0 Å². The second kappa shape index (κ2) is 10.5. The van der Waals surface area contributed by atoms with Crippen LogP contribution in [-0.4, -0.2) is 30.2 Å². The number of thioether (sulfide) groups is 1. The van der Waals surface area contributed by atoms with E-state index in [4.69, 9.17) is 39.8 Å². The second-order valence-electron chi connectivity index (χ2n) is 8.83. The van der Waals surface area contributed by atoms with E-state index in [-0.39, 0.29) is 5.82 Å². The second-order valence-corrected chi connectivity index (χ2v) is 11.0. The fourth-order valence-electron chi connectivity index (χ4n) is 4.01. The Bertz CT molecular complexity index is 1550. The van der Waals surface area contributed by atoms with Crippen molar-refractivity contribution in [2.45, 2.75) is 30.2 Å². The zero-order chi connectivity index (χ0) is 26.2. The molecule has 0 aliphatic rings. The summed E-state index contributed by atoms with van der Waals surface area (Å²) in [6, 6.07) is 17.7. The summed E-state index contributed by atoms with van der Waals surface area (Å²) in [5.41, 5.74) is 3.91. The normalized spacial score (nSPS) is 11.7. The van der Waals surface area contributed by atoms with Crippen molar-refractivity contribution in [3.8, 4) is 17.1 Å². The van der Waals surface area contributed by atoms with Crippen molar-refractivity contribution in [2.24, 2.45) is 0 Å². The molecular weight excluding hydrogens is 554 g/mol. The summed E-state index contributed by atoms with van der Waals surface area (Å²) in [6.45, 7) is 4.18. The van der Waals surface area contributed by atoms with Gasteiger partial charge in [0.25, 0.3) is 0 Å². The summed E-state index contributed by atoms with van der Waals surface area (Å²) >= 11 is 20.4. The number of rotatable bonds is 7. The molecule has 6 nitrogen and oxygen atoms in total. The first-order chi connectivity index (χ1) is 17.7. The molecule has 37 heavy (non-hydrogen) atoms. The van der Waals surface area contributed by atoms with Gasteiger partial charge < -0.3 is 0 Å². The number of tetrazole rings is 1. The lowest BCUT2D eigenvalue weighted by atomic mass is 9.81. The minimum Gasteiger partial charge on any atom is -0.291 e. The molecule has 0 radical (unpaired) electrons. The first kappa shape index (κ1) is 25.7. The number of halogens is 4. The van der Waals surface area contributed by atoms with Crippen LogP contribution in [0.4, 0.5) is 4.39 Å². The number of aromatic amines is 1. The first-order valence-corrected chi connectivity index (χ1v) is 13.3. The number of aromatic nitrogens is 6. The van der Waals surface area contributed by atoms with Gasteiger partial charge in [0, 0.05) is 22.4 Å². The van der Waals surface area contributed by atoms with Gasteiger partial charge in [0.15, 0.2) is 5.16 Å². The van der Waals surface area contributed by atoms with Crippen LogP contribution in [0, 0.1) is 5.82 Å². The van der Waals surface area contributed by atoms with E-state index < -0.39 is 5.41 Å². The van der Waals surface area contributed by atoms with E-state index in [2.05, 4.69) is 34.5 Å². The molecule has 5 aromatic rings. The standard InChI is InChI=1S/C26H20Cl3FN6S/c1-26(2,16-4-10-21(28)22(29)12-16)23-13-31-25(36(23)18-7-5-17(30)6-8-18)37-14-15-3-9-20(27)19(11-15)24-32-34-35-33-24/h3-13H,14H2,1-2H3,(H,32,33,34,35). The van der Waals surface area contributed by atoms with Crippen molar-refractivity contribution in [2.75, 3.05) is 0 Å². The van der Waals surface area contributed by atoms with Gasteiger partial charge in [0.2, 0.25) is 5.82 Å². The van der Waals surface area contributed by atoms with Gasteiger partial charge >= 0.3 is 0 Å². The average Bonchev–Trinajstić information content (AvgIpc) is 3.56. The molecule has 188 valence electrons. The lowest BCUT2D eigenvalue weighted by molar-refractivity contribution is 0.591. The van der Waals surface area contributed by atoms with E-state index in [0.29, 0.717) is 32.2 Å². The summed E-state index contributed by atoms with van der Waals surface area (Å²) in [5.74, 6) is 0.723. The van der Waals surface area contributed by atoms with Gasteiger partial charge in [-0.15, -0.1) is 10.2 Å². The molecule has 0 aliphatic carbocycles. The van der Waals surface area contributed by atoms with Crippen LogP contribution >= 0.6 is 46.6 Å². The van der Waals surface area contributed by atoms with E-state index in [1.165, 1.54) is 12.1 Å². The molecule has 0 amide bonds. The third-order valence-corrected chi connectivity index (χ3v) is 8.17. The van der Waals surface area contributed by atoms with Gasteiger partial charge in [-0.2, -0.15) is 5.21 Å².